The molecule has 0 unspecified atom stereocenters. The van der Waals surface area contributed by atoms with Crippen LogP contribution in [-0.4, -0.2) is 39.2 Å². The topological polar surface area (TPSA) is 55.8 Å². The van der Waals surface area contributed by atoms with Crippen molar-refractivity contribution in [3.8, 4) is 0 Å². The smallest absolute Gasteiger partial charge is 0.482 e. The van der Waals surface area contributed by atoms with Gasteiger partial charge in [0.1, 0.15) is 0 Å². The third-order valence-electron chi connectivity index (χ3n) is 1.02. The van der Waals surface area contributed by atoms with Gasteiger partial charge in [0, 0.05) is 17.8 Å². The highest BCUT2D eigenvalue weighted by atomic mass is 27.2. The van der Waals surface area contributed by atoms with Crippen LogP contribution in [0, 0.1) is 0 Å². The lowest BCUT2D eigenvalue weighted by Gasteiger charge is -2.09. The summed E-state index contributed by atoms with van der Waals surface area (Å²) >= 11 is -0.245. The van der Waals surface area contributed by atoms with Crippen molar-refractivity contribution in [3.05, 3.63) is 12.2 Å². The van der Waals surface area contributed by atoms with Crippen LogP contribution in [0.1, 0.15) is 34.6 Å². The molecule has 1 N–H and O–H groups in total. The number of hydrogen-bond acceptors (Lipinski definition) is 3. The molecule has 0 spiro atoms. The largest absolute Gasteiger partial charge is 0.668 e. The second-order valence-corrected chi connectivity index (χ2v) is 4.29. The summed E-state index contributed by atoms with van der Waals surface area (Å²) in [6.45, 7) is 12.6. The summed E-state index contributed by atoms with van der Waals surface area (Å²) in [6.07, 6.45) is 0.609. The Balaban J connectivity index is 0. The zero-order valence-electron chi connectivity index (χ0n) is 10.1. The van der Waals surface area contributed by atoms with Crippen LogP contribution >= 0.6 is 0 Å². The molecule has 0 saturated carbocycles. The van der Waals surface area contributed by atoms with Crippen LogP contribution in [0.25, 0.3) is 0 Å². The minimum atomic E-state index is -0.935. The number of carbonyl (C=O) groups is 1. The molecule has 0 saturated heterocycles. The fourth-order valence-corrected chi connectivity index (χ4v) is 0.763. The first-order chi connectivity index (χ1) is 6.77. The Morgan fingerprint density at radius 2 is 1.47 bits per heavy atom. The van der Waals surface area contributed by atoms with Crippen molar-refractivity contribution in [3.63, 3.8) is 0 Å². The van der Waals surface area contributed by atoms with E-state index in [0.717, 1.165) is 0 Å². The quantitative estimate of drug-likeness (QED) is 0.581. The van der Waals surface area contributed by atoms with Gasteiger partial charge in [0.25, 0.3) is 0 Å². The van der Waals surface area contributed by atoms with Crippen LogP contribution in [0.15, 0.2) is 12.2 Å². The van der Waals surface area contributed by atoms with E-state index >= 15 is 0 Å². The Labute approximate surface area is 98.7 Å². The summed E-state index contributed by atoms with van der Waals surface area (Å²) in [5.41, 5.74) is 0.176. The predicted molar refractivity (Wildman–Crippen MR) is 60.6 cm³/mol. The lowest BCUT2D eigenvalue weighted by atomic mass is 10.4. The van der Waals surface area contributed by atoms with Crippen LogP contribution in [0.4, 0.5) is 0 Å². The minimum absolute atomic E-state index is 0.176. The Morgan fingerprint density at radius 3 is 1.60 bits per heavy atom. The Bertz CT molecular complexity index is 170. The van der Waals surface area contributed by atoms with E-state index in [1.807, 2.05) is 27.7 Å². The van der Waals surface area contributed by atoms with E-state index in [0.29, 0.717) is 12.2 Å². The minimum Gasteiger partial charge on any atom is -0.482 e. The molecule has 0 atom stereocenters. The summed E-state index contributed by atoms with van der Waals surface area (Å²) in [7, 11) is 0. The van der Waals surface area contributed by atoms with Crippen LogP contribution in [-0.2, 0) is 12.4 Å². The van der Waals surface area contributed by atoms with Crippen molar-refractivity contribution in [2.45, 2.75) is 46.8 Å². The molecule has 15 heavy (non-hydrogen) atoms. The predicted octanol–water partition coefficient (Wildman–Crippen LogP) is 2.02. The zero-order chi connectivity index (χ0) is 12.4. The van der Waals surface area contributed by atoms with Gasteiger partial charge in [-0.05, 0) is 34.6 Å². The van der Waals surface area contributed by atoms with E-state index in [9.17, 15) is 4.79 Å². The van der Waals surface area contributed by atoms with Crippen molar-refractivity contribution < 1.29 is 17.5 Å². The molecular formula is C10H20AlO4. The van der Waals surface area contributed by atoms with Gasteiger partial charge in [0.2, 0.25) is 0 Å². The highest BCUT2D eigenvalue weighted by Crippen LogP contribution is 1.89. The van der Waals surface area contributed by atoms with Gasteiger partial charge >= 0.3 is 21.9 Å². The van der Waals surface area contributed by atoms with E-state index in [1.54, 1.807) is 0 Å². The van der Waals surface area contributed by atoms with E-state index < -0.39 is 5.97 Å². The van der Waals surface area contributed by atoms with E-state index in [-0.39, 0.29) is 21.5 Å². The third kappa shape index (κ3) is 19.9. The Hall–Kier alpha value is -0.338. The zero-order valence-corrected chi connectivity index (χ0v) is 11.3. The van der Waals surface area contributed by atoms with Crippen molar-refractivity contribution >= 4 is 21.9 Å². The van der Waals surface area contributed by atoms with Crippen LogP contribution < -0.4 is 0 Å². The molecule has 0 aliphatic rings. The summed E-state index contributed by atoms with van der Waals surface area (Å²) < 4.78 is 10.4. The summed E-state index contributed by atoms with van der Waals surface area (Å²) in [6, 6.07) is 0. The standard InChI is InChI=1S/C4H6O2.2C3H7O.Al/c1-3(2)4(5)6;2*1-3(2)4;/h1H2,2H3,(H,5,6);2*3H,1-2H3;/q;2*-1;+2. The SMILES string of the molecule is C=C(C)C(=O)O.CC(C)[O][Al][O]C(C)C. The molecular weight excluding hydrogens is 211 g/mol. The monoisotopic (exact) mass is 231 g/mol. The van der Waals surface area contributed by atoms with Gasteiger partial charge in [-0.25, -0.2) is 4.79 Å². The van der Waals surface area contributed by atoms with Crippen LogP contribution in [0.5, 0.6) is 0 Å². The molecule has 1 radical (unpaired) electrons. The van der Waals surface area contributed by atoms with Crippen LogP contribution in [0.3, 0.4) is 0 Å². The molecule has 87 valence electrons. The van der Waals surface area contributed by atoms with E-state index in [4.69, 9.17) is 12.7 Å². The van der Waals surface area contributed by atoms with Gasteiger partial charge in [0.05, 0.1) is 0 Å². The summed E-state index contributed by atoms with van der Waals surface area (Å²) in [5, 5.41) is 7.89. The molecule has 0 aliphatic carbocycles. The normalized spacial score (nSPS) is 9.53. The summed E-state index contributed by atoms with van der Waals surface area (Å²) in [5.74, 6) is -0.935. The number of carboxylic acids is 1. The average Bonchev–Trinajstić information content (AvgIpc) is 2.03. The molecule has 0 aromatic carbocycles. The van der Waals surface area contributed by atoms with Crippen molar-refractivity contribution in [1.82, 2.24) is 0 Å². The van der Waals surface area contributed by atoms with Crippen LogP contribution in [0.2, 0.25) is 0 Å². The second kappa shape index (κ2) is 10.2. The van der Waals surface area contributed by atoms with Gasteiger partial charge in [-0.2, -0.15) is 0 Å². The Morgan fingerprint density at radius 1 is 1.20 bits per heavy atom. The highest BCUT2D eigenvalue weighted by Gasteiger charge is 2.01. The number of carboxylic acid groups (broad SMARTS) is 1. The van der Waals surface area contributed by atoms with Crippen molar-refractivity contribution in [1.29, 1.82) is 0 Å². The molecule has 0 fully saturated rings. The molecule has 0 amide bonds. The third-order valence-corrected chi connectivity index (χ3v) is 2.33. The lowest BCUT2D eigenvalue weighted by molar-refractivity contribution is -0.132. The highest BCUT2D eigenvalue weighted by molar-refractivity contribution is 6.18. The fraction of sp³-hybridized carbons (Fsp3) is 0.700. The van der Waals surface area contributed by atoms with Gasteiger partial charge < -0.3 is 12.7 Å². The van der Waals surface area contributed by atoms with Gasteiger partial charge in [0.15, 0.2) is 0 Å². The molecule has 4 nitrogen and oxygen atoms in total. The fourth-order valence-electron chi connectivity index (χ4n) is 0.254. The molecule has 0 aromatic rings. The van der Waals surface area contributed by atoms with E-state index in [2.05, 4.69) is 6.58 Å². The molecule has 0 aliphatic heterocycles. The average molecular weight is 231 g/mol. The number of aliphatic carboxylic acids is 1. The molecule has 0 bridgehead atoms. The van der Waals surface area contributed by atoms with Gasteiger partial charge in [-0.15, -0.1) is 0 Å². The maximum Gasteiger partial charge on any atom is 0.668 e. The number of rotatable bonds is 5. The first kappa shape index (κ1) is 17.1. The van der Waals surface area contributed by atoms with Crippen molar-refractivity contribution in [2.75, 3.05) is 0 Å². The molecule has 0 heterocycles. The van der Waals surface area contributed by atoms with Gasteiger partial charge in [-0.1, -0.05) is 6.58 Å². The molecule has 0 rings (SSSR count). The lowest BCUT2D eigenvalue weighted by Crippen LogP contribution is -2.14. The first-order valence-electron chi connectivity index (χ1n) is 4.78. The van der Waals surface area contributed by atoms with E-state index in [1.165, 1.54) is 6.92 Å². The second-order valence-electron chi connectivity index (χ2n) is 3.55. The maximum absolute atomic E-state index is 9.60. The number of hydrogen-bond donors (Lipinski definition) is 1. The molecule has 0 aromatic heterocycles. The summed E-state index contributed by atoms with van der Waals surface area (Å²) in [4.78, 5) is 9.60. The van der Waals surface area contributed by atoms with Gasteiger partial charge in [-0.3, -0.25) is 0 Å². The molecule has 5 heteroatoms. The maximum atomic E-state index is 9.60. The van der Waals surface area contributed by atoms with Crippen molar-refractivity contribution in [2.24, 2.45) is 0 Å². The Kier molecular flexibility index (Phi) is 11.6. The first-order valence-corrected chi connectivity index (χ1v) is 5.73.